The highest BCUT2D eigenvalue weighted by atomic mass is 35.7. The summed E-state index contributed by atoms with van der Waals surface area (Å²) in [7, 11) is -2.93. The van der Waals surface area contributed by atoms with Gasteiger partial charge in [-0.3, -0.25) is 20.2 Å². The molecule has 2 aromatic rings. The molecular formula is C14H12ClF2N3O8S2. The maximum atomic E-state index is 13.0. The molecule has 0 radical (unpaired) electrons. The zero-order valence-electron chi connectivity index (χ0n) is 14.6. The highest BCUT2D eigenvalue weighted by molar-refractivity contribution is 8.13. The second kappa shape index (κ2) is 9.84. The fourth-order valence-corrected chi connectivity index (χ4v) is 3.57. The molecule has 2 N–H and O–H groups in total. The minimum Gasteiger partial charge on any atom is -0.258 e. The first kappa shape index (κ1) is 25.3. The average molecular weight is 488 g/mol. The summed E-state index contributed by atoms with van der Waals surface area (Å²) in [6, 6.07) is 5.24. The summed E-state index contributed by atoms with van der Waals surface area (Å²) in [4.78, 5) is 19.2. The minimum absolute atomic E-state index is 0.313. The number of benzene rings is 2. The van der Waals surface area contributed by atoms with Gasteiger partial charge in [-0.25, -0.2) is 30.8 Å². The number of nitrogens with two attached hydrogens (primary N) is 1. The molecule has 2 aromatic carbocycles. The number of rotatable bonds is 6. The molecule has 0 saturated carbocycles. The van der Waals surface area contributed by atoms with Gasteiger partial charge in [0.1, 0.15) is 11.6 Å². The molecule has 0 amide bonds. The van der Waals surface area contributed by atoms with Crippen molar-refractivity contribution in [1.82, 2.24) is 0 Å². The van der Waals surface area contributed by atoms with Gasteiger partial charge in [-0.1, -0.05) is 0 Å². The number of sulfonamides is 1. The molecule has 0 aromatic heterocycles. The highest BCUT2D eigenvalue weighted by Gasteiger charge is 2.16. The van der Waals surface area contributed by atoms with Gasteiger partial charge in [-0.2, -0.15) is 0 Å². The van der Waals surface area contributed by atoms with E-state index in [-0.39, 0.29) is 22.5 Å². The summed E-state index contributed by atoms with van der Waals surface area (Å²) >= 11 is 0. The zero-order chi connectivity index (χ0) is 23.3. The molecule has 0 spiro atoms. The first-order chi connectivity index (χ1) is 13.6. The topological polar surface area (TPSA) is 181 Å². The van der Waals surface area contributed by atoms with E-state index in [1.807, 2.05) is 0 Å². The van der Waals surface area contributed by atoms with Crippen molar-refractivity contribution in [2.24, 2.45) is 5.14 Å². The highest BCUT2D eigenvalue weighted by Crippen LogP contribution is 2.20. The Bertz CT molecular complexity index is 1100. The van der Waals surface area contributed by atoms with Crippen molar-refractivity contribution in [2.45, 2.75) is 11.5 Å². The Balaban J connectivity index is 0.000000300. The van der Waals surface area contributed by atoms with Gasteiger partial charge in [0.05, 0.1) is 21.4 Å². The fraction of sp³-hybridized carbons (Fsp3) is 0.143. The van der Waals surface area contributed by atoms with E-state index in [2.05, 4.69) is 0 Å². The molecule has 0 unspecified atom stereocenters. The standard InChI is InChI=1S/C7H5ClFNO4S.C7H7FN2O4S/c8-15(13,14)4-5-3-6(10(11)12)1-2-7(5)9;8-7-2-1-6(10(11)12)3-5(7)4-15(9,13)14/h1-3H,4H2;1-3H,4H2,(H2,9,13,14). The van der Waals surface area contributed by atoms with Gasteiger partial charge in [0.15, 0.2) is 0 Å². The van der Waals surface area contributed by atoms with Crippen molar-refractivity contribution in [3.05, 3.63) is 79.4 Å². The zero-order valence-corrected chi connectivity index (χ0v) is 17.0. The number of non-ortho nitro benzene ring substituents is 2. The smallest absolute Gasteiger partial charge is 0.258 e. The number of hydrogen-bond donors (Lipinski definition) is 1. The summed E-state index contributed by atoms with van der Waals surface area (Å²) in [5, 5.41) is 25.4. The Morgan fingerprint density at radius 1 is 0.833 bits per heavy atom. The molecule has 0 fully saturated rings. The van der Waals surface area contributed by atoms with E-state index < -0.39 is 52.1 Å². The van der Waals surface area contributed by atoms with Crippen LogP contribution in [0, 0.1) is 31.9 Å². The second-order valence-electron chi connectivity index (χ2n) is 5.56. The third-order valence-corrected chi connectivity index (χ3v) is 4.86. The van der Waals surface area contributed by atoms with Crippen molar-refractivity contribution in [1.29, 1.82) is 0 Å². The van der Waals surface area contributed by atoms with Crippen molar-refractivity contribution in [3.63, 3.8) is 0 Å². The first-order valence-corrected chi connectivity index (χ1v) is 11.6. The lowest BCUT2D eigenvalue weighted by atomic mass is 10.2. The first-order valence-electron chi connectivity index (χ1n) is 7.37. The van der Waals surface area contributed by atoms with Gasteiger partial charge in [0, 0.05) is 46.1 Å². The Kier molecular flexibility index (Phi) is 8.29. The summed E-state index contributed by atoms with van der Waals surface area (Å²) in [5.74, 6) is -3.22. The van der Waals surface area contributed by atoms with Gasteiger partial charge in [-0.05, 0) is 12.1 Å². The van der Waals surface area contributed by atoms with Gasteiger partial charge in [0.25, 0.3) is 11.4 Å². The quantitative estimate of drug-likeness (QED) is 0.366. The van der Waals surface area contributed by atoms with E-state index in [4.69, 9.17) is 15.8 Å². The number of primary sulfonamides is 1. The van der Waals surface area contributed by atoms with Gasteiger partial charge < -0.3 is 0 Å². The molecule has 0 aliphatic heterocycles. The van der Waals surface area contributed by atoms with E-state index >= 15 is 0 Å². The molecule has 16 heteroatoms. The van der Waals surface area contributed by atoms with E-state index in [1.54, 1.807) is 0 Å². The molecule has 164 valence electrons. The molecule has 11 nitrogen and oxygen atoms in total. The molecule has 0 aliphatic rings. The van der Waals surface area contributed by atoms with Crippen LogP contribution in [0.3, 0.4) is 0 Å². The molecule has 2 rings (SSSR count). The largest absolute Gasteiger partial charge is 0.269 e. The van der Waals surface area contributed by atoms with Crippen LogP contribution in [-0.2, 0) is 30.6 Å². The molecule has 0 aliphatic carbocycles. The maximum absolute atomic E-state index is 13.0. The third-order valence-electron chi connectivity index (χ3n) is 3.16. The van der Waals surface area contributed by atoms with Gasteiger partial charge in [-0.15, -0.1) is 0 Å². The molecule has 0 heterocycles. The van der Waals surface area contributed by atoms with Crippen molar-refractivity contribution in [2.75, 3.05) is 0 Å². The maximum Gasteiger partial charge on any atom is 0.269 e. The van der Waals surface area contributed by atoms with Gasteiger partial charge >= 0.3 is 0 Å². The number of halogens is 3. The van der Waals surface area contributed by atoms with E-state index in [0.29, 0.717) is 0 Å². The summed E-state index contributed by atoms with van der Waals surface area (Å²) in [6.45, 7) is 0. The fourth-order valence-electron chi connectivity index (χ4n) is 1.97. The van der Waals surface area contributed by atoms with Gasteiger partial charge in [0.2, 0.25) is 19.1 Å². The second-order valence-corrected chi connectivity index (χ2v) is 9.95. The van der Waals surface area contributed by atoms with Crippen LogP contribution in [0.5, 0.6) is 0 Å². The number of hydrogen-bond acceptors (Lipinski definition) is 8. The lowest BCUT2D eigenvalue weighted by Gasteiger charge is -2.00. The lowest BCUT2D eigenvalue weighted by molar-refractivity contribution is -0.385. The van der Waals surface area contributed by atoms with Crippen LogP contribution in [0.1, 0.15) is 11.1 Å². The van der Waals surface area contributed by atoms with Crippen LogP contribution >= 0.6 is 10.7 Å². The Hall–Kier alpha value is -2.75. The van der Waals surface area contributed by atoms with Crippen molar-refractivity contribution < 1.29 is 35.5 Å². The normalized spacial score (nSPS) is 11.3. The van der Waals surface area contributed by atoms with Crippen LogP contribution in [0.4, 0.5) is 20.2 Å². The van der Waals surface area contributed by atoms with Crippen LogP contribution in [0.2, 0.25) is 0 Å². The number of nitro groups is 2. The molecule has 0 bridgehead atoms. The SMILES string of the molecule is NS(=O)(=O)Cc1cc([N+](=O)[O-])ccc1F.O=[N+]([O-])c1ccc(F)c(CS(=O)(=O)Cl)c1. The van der Waals surface area contributed by atoms with Crippen LogP contribution in [0.25, 0.3) is 0 Å². The Morgan fingerprint density at radius 3 is 1.50 bits per heavy atom. The van der Waals surface area contributed by atoms with Crippen LogP contribution in [-0.4, -0.2) is 26.7 Å². The summed E-state index contributed by atoms with van der Waals surface area (Å²) < 4.78 is 68.7. The lowest BCUT2D eigenvalue weighted by Crippen LogP contribution is -2.15. The Labute approximate surface area is 172 Å². The molecule has 0 atom stereocenters. The predicted octanol–water partition coefficient (Wildman–Crippen LogP) is 2.32. The summed E-state index contributed by atoms with van der Waals surface area (Å²) in [6.07, 6.45) is 0. The van der Waals surface area contributed by atoms with E-state index in [1.165, 1.54) is 0 Å². The average Bonchev–Trinajstić information content (AvgIpc) is 2.56. The molecule has 0 saturated heterocycles. The number of nitro benzene ring substituents is 2. The monoisotopic (exact) mass is 487 g/mol. The number of nitrogens with zero attached hydrogens (tertiary/aromatic N) is 2. The third kappa shape index (κ3) is 8.73. The summed E-state index contributed by atoms with van der Waals surface area (Å²) in [5.41, 5.74) is -1.40. The van der Waals surface area contributed by atoms with Crippen molar-refractivity contribution >= 4 is 41.1 Å². The van der Waals surface area contributed by atoms with Crippen molar-refractivity contribution in [3.8, 4) is 0 Å². The molecular weight excluding hydrogens is 476 g/mol. The predicted molar refractivity (Wildman–Crippen MR) is 101 cm³/mol. The van der Waals surface area contributed by atoms with Crippen LogP contribution in [0.15, 0.2) is 36.4 Å². The molecule has 30 heavy (non-hydrogen) atoms. The van der Waals surface area contributed by atoms with Crippen LogP contribution < -0.4 is 5.14 Å². The van der Waals surface area contributed by atoms with E-state index in [9.17, 15) is 45.8 Å². The minimum atomic E-state index is -3.93. The van der Waals surface area contributed by atoms with E-state index in [0.717, 1.165) is 36.4 Å². The Morgan fingerprint density at radius 2 is 1.20 bits per heavy atom.